The molecular weight excluding hydrogens is 633 g/mol. The molecule has 2 aromatic carbocycles. The number of pyridine rings is 2. The van der Waals surface area contributed by atoms with Gasteiger partial charge in [0.25, 0.3) is 5.56 Å². The zero-order valence-corrected chi connectivity index (χ0v) is 27.3. The van der Waals surface area contributed by atoms with Crippen molar-refractivity contribution in [1.29, 1.82) is 0 Å². The lowest BCUT2D eigenvalue weighted by molar-refractivity contribution is -0.118. The van der Waals surface area contributed by atoms with E-state index in [0.29, 0.717) is 42.7 Å². The smallest absolute Gasteiger partial charge is 0.302 e. The summed E-state index contributed by atoms with van der Waals surface area (Å²) >= 11 is 1.23. The number of carbonyl (C=O) groups excluding carboxylic acids is 1. The van der Waals surface area contributed by atoms with Crippen LogP contribution in [0.1, 0.15) is 35.7 Å². The molecule has 0 spiro atoms. The number of hydrogen-bond donors (Lipinski definition) is 0. The van der Waals surface area contributed by atoms with E-state index in [1.54, 1.807) is 24.4 Å². The molecule has 0 N–H and O–H groups in total. The standard InChI is InChI=1S/C37H33F2N5O3S/c1-3-27(45)21-24-13-15-25(16-14-24)34-29(22-42(2)20-17-26-9-4-6-18-40-26)33-35(46)44(32-12-5-7-19-41-32)37(47)43(36(33)48-34)23-28-30(38)10-8-11-31(28)39/h4-16,18-19H,3,17,20-23H2,1-2H3. The molecule has 4 aromatic heterocycles. The molecule has 6 aromatic rings. The molecule has 48 heavy (non-hydrogen) atoms. The van der Waals surface area contributed by atoms with Crippen molar-refractivity contribution in [1.82, 2.24) is 24.0 Å². The minimum absolute atomic E-state index is 0.101. The minimum Gasteiger partial charge on any atom is -0.302 e. The Morgan fingerprint density at radius 1 is 0.875 bits per heavy atom. The first kappa shape index (κ1) is 32.8. The van der Waals surface area contributed by atoms with E-state index in [0.717, 1.165) is 38.4 Å². The molecule has 0 amide bonds. The maximum absolute atomic E-state index is 15.0. The fourth-order valence-electron chi connectivity index (χ4n) is 5.65. The van der Waals surface area contributed by atoms with E-state index in [-0.39, 0.29) is 22.6 Å². The van der Waals surface area contributed by atoms with Crippen molar-refractivity contribution in [2.24, 2.45) is 0 Å². The van der Waals surface area contributed by atoms with Gasteiger partial charge in [0.15, 0.2) is 0 Å². The summed E-state index contributed by atoms with van der Waals surface area (Å²) in [4.78, 5) is 52.5. The first-order valence-electron chi connectivity index (χ1n) is 15.6. The molecule has 0 aliphatic rings. The number of ketones is 1. The minimum atomic E-state index is -0.797. The topological polar surface area (TPSA) is 90.1 Å². The number of fused-ring (bicyclic) bond motifs is 1. The Bertz CT molecular complexity index is 2180. The van der Waals surface area contributed by atoms with Crippen LogP contribution in [0.15, 0.2) is 101 Å². The van der Waals surface area contributed by atoms with Crippen LogP contribution < -0.4 is 11.2 Å². The highest BCUT2D eigenvalue weighted by atomic mass is 32.1. The third kappa shape index (κ3) is 6.78. The van der Waals surface area contributed by atoms with Gasteiger partial charge in [-0.3, -0.25) is 19.1 Å². The summed E-state index contributed by atoms with van der Waals surface area (Å²) in [5.41, 5.74) is 1.64. The monoisotopic (exact) mass is 665 g/mol. The highest BCUT2D eigenvalue weighted by Gasteiger charge is 2.26. The number of carbonyl (C=O) groups is 1. The van der Waals surface area contributed by atoms with E-state index >= 15 is 8.78 Å². The molecule has 4 heterocycles. The SMILES string of the molecule is CCC(=O)Cc1ccc(-c2sc3c(c2CN(C)CCc2ccccn2)c(=O)n(-c2ccccn2)c(=O)n3Cc2c(F)cccc2F)cc1. The lowest BCUT2D eigenvalue weighted by atomic mass is 10.0. The van der Waals surface area contributed by atoms with Crippen molar-refractivity contribution in [3.63, 3.8) is 0 Å². The van der Waals surface area contributed by atoms with Crippen molar-refractivity contribution >= 4 is 27.3 Å². The number of rotatable bonds is 12. The van der Waals surface area contributed by atoms with Crippen LogP contribution >= 0.6 is 11.3 Å². The van der Waals surface area contributed by atoms with Crippen LogP contribution in [0.5, 0.6) is 0 Å². The average Bonchev–Trinajstić information content (AvgIpc) is 3.47. The molecule has 8 nitrogen and oxygen atoms in total. The second-order valence-electron chi connectivity index (χ2n) is 11.6. The first-order valence-corrected chi connectivity index (χ1v) is 16.4. The molecule has 11 heteroatoms. The van der Waals surface area contributed by atoms with Gasteiger partial charge in [-0.05, 0) is 60.1 Å². The van der Waals surface area contributed by atoms with Crippen LogP contribution in [0.3, 0.4) is 0 Å². The predicted octanol–water partition coefficient (Wildman–Crippen LogP) is 6.19. The Hall–Kier alpha value is -5.13. The summed E-state index contributed by atoms with van der Waals surface area (Å²) in [6.07, 6.45) is 4.65. The summed E-state index contributed by atoms with van der Waals surface area (Å²) in [5.74, 6) is -1.37. The van der Waals surface area contributed by atoms with Gasteiger partial charge in [-0.25, -0.2) is 23.1 Å². The van der Waals surface area contributed by atoms with E-state index < -0.39 is 29.4 Å². The van der Waals surface area contributed by atoms with Gasteiger partial charge >= 0.3 is 5.69 Å². The molecule has 0 radical (unpaired) electrons. The normalized spacial score (nSPS) is 11.4. The molecule has 0 aliphatic heterocycles. The summed E-state index contributed by atoms with van der Waals surface area (Å²) in [6.45, 7) is 2.35. The predicted molar refractivity (Wildman–Crippen MR) is 184 cm³/mol. The third-order valence-electron chi connectivity index (χ3n) is 8.24. The van der Waals surface area contributed by atoms with Gasteiger partial charge < -0.3 is 4.90 Å². The largest absolute Gasteiger partial charge is 0.338 e. The van der Waals surface area contributed by atoms with Gasteiger partial charge in [-0.15, -0.1) is 11.3 Å². The zero-order valence-electron chi connectivity index (χ0n) is 26.5. The zero-order chi connectivity index (χ0) is 33.8. The maximum Gasteiger partial charge on any atom is 0.338 e. The first-order chi connectivity index (χ1) is 23.2. The fourth-order valence-corrected chi connectivity index (χ4v) is 6.95. The van der Waals surface area contributed by atoms with Crippen molar-refractivity contribution in [3.8, 4) is 16.3 Å². The van der Waals surface area contributed by atoms with Crippen molar-refractivity contribution in [3.05, 3.63) is 146 Å². The molecule has 0 unspecified atom stereocenters. The van der Waals surface area contributed by atoms with Crippen LogP contribution in [-0.2, 0) is 30.7 Å². The van der Waals surface area contributed by atoms with Gasteiger partial charge in [-0.1, -0.05) is 49.4 Å². The van der Waals surface area contributed by atoms with E-state index in [1.807, 2.05) is 56.4 Å². The summed E-state index contributed by atoms with van der Waals surface area (Å²) in [7, 11) is 1.94. The molecule has 0 aliphatic carbocycles. The maximum atomic E-state index is 15.0. The number of thiophene rings is 1. The number of nitrogens with zero attached hydrogens (tertiary/aromatic N) is 5. The molecule has 0 fully saturated rings. The second kappa shape index (κ2) is 14.3. The lowest BCUT2D eigenvalue weighted by Gasteiger charge is -2.18. The molecule has 0 atom stereocenters. The fraction of sp³-hybridized carbons (Fsp3) is 0.216. The Balaban J connectivity index is 1.57. The van der Waals surface area contributed by atoms with Crippen molar-refractivity contribution in [2.45, 2.75) is 39.3 Å². The van der Waals surface area contributed by atoms with Crippen LogP contribution in [0.4, 0.5) is 8.78 Å². The molecule has 244 valence electrons. The summed E-state index contributed by atoms with van der Waals surface area (Å²) in [6, 6.07) is 21.7. The Morgan fingerprint density at radius 2 is 1.58 bits per heavy atom. The van der Waals surface area contributed by atoms with Gasteiger partial charge in [0.1, 0.15) is 28.1 Å². The number of halogens is 2. The quantitative estimate of drug-likeness (QED) is 0.155. The van der Waals surface area contributed by atoms with Crippen LogP contribution in [0.2, 0.25) is 0 Å². The number of aromatic nitrogens is 4. The third-order valence-corrected chi connectivity index (χ3v) is 9.55. The number of hydrogen-bond acceptors (Lipinski definition) is 7. The number of Topliss-reactive ketones (excluding diaryl/α,β-unsaturated/α-hetero) is 1. The van der Waals surface area contributed by atoms with E-state index in [4.69, 9.17) is 0 Å². The van der Waals surface area contributed by atoms with Crippen LogP contribution in [-0.4, -0.2) is 43.4 Å². The van der Waals surface area contributed by atoms with Gasteiger partial charge in [0.05, 0.1) is 11.9 Å². The van der Waals surface area contributed by atoms with Gasteiger partial charge in [0.2, 0.25) is 0 Å². The number of likely N-dealkylation sites (N-methyl/N-ethyl adjacent to an activating group) is 1. The Labute approximate surface area is 279 Å². The number of benzene rings is 2. The van der Waals surface area contributed by atoms with E-state index in [2.05, 4.69) is 14.9 Å². The summed E-state index contributed by atoms with van der Waals surface area (Å²) < 4.78 is 32.2. The van der Waals surface area contributed by atoms with Crippen molar-refractivity contribution in [2.75, 3.05) is 13.6 Å². The second-order valence-corrected chi connectivity index (χ2v) is 12.6. The molecule has 6 rings (SSSR count). The molecule has 0 saturated carbocycles. The Morgan fingerprint density at radius 3 is 2.23 bits per heavy atom. The van der Waals surface area contributed by atoms with Crippen molar-refractivity contribution < 1.29 is 13.6 Å². The van der Waals surface area contributed by atoms with Crippen LogP contribution in [0.25, 0.3) is 26.5 Å². The van der Waals surface area contributed by atoms with Gasteiger partial charge in [0, 0.05) is 60.9 Å². The molecule has 0 saturated heterocycles. The molecule has 0 bridgehead atoms. The Kier molecular flexibility index (Phi) is 9.79. The highest BCUT2D eigenvalue weighted by molar-refractivity contribution is 7.22. The van der Waals surface area contributed by atoms with E-state index in [1.165, 1.54) is 28.2 Å². The molecular formula is C37H33F2N5O3S. The lowest BCUT2D eigenvalue weighted by Crippen LogP contribution is -2.39. The van der Waals surface area contributed by atoms with Gasteiger partial charge in [-0.2, -0.15) is 0 Å². The van der Waals surface area contributed by atoms with Crippen LogP contribution in [0, 0.1) is 11.6 Å². The summed E-state index contributed by atoms with van der Waals surface area (Å²) in [5, 5.41) is 0.270. The average molecular weight is 666 g/mol. The van der Waals surface area contributed by atoms with E-state index in [9.17, 15) is 14.4 Å². The highest BCUT2D eigenvalue weighted by Crippen LogP contribution is 2.38.